The first-order valence-electron chi connectivity index (χ1n) is 7.01. The Kier molecular flexibility index (Phi) is 4.59. The summed E-state index contributed by atoms with van der Waals surface area (Å²) in [6.07, 6.45) is 3.79. The van der Waals surface area contributed by atoms with E-state index in [1.54, 1.807) is 0 Å². The second kappa shape index (κ2) is 5.99. The summed E-state index contributed by atoms with van der Waals surface area (Å²) >= 11 is 0. The quantitative estimate of drug-likeness (QED) is 0.747. The molecule has 0 aromatic heterocycles. The zero-order valence-electron chi connectivity index (χ0n) is 11.3. The van der Waals surface area contributed by atoms with Gasteiger partial charge in [-0.25, -0.2) is 0 Å². The van der Waals surface area contributed by atoms with E-state index in [-0.39, 0.29) is 5.91 Å². The van der Waals surface area contributed by atoms with Crippen LogP contribution in [0.3, 0.4) is 0 Å². The Bertz CT molecular complexity index is 284. The molecule has 0 radical (unpaired) electrons. The molecule has 1 saturated heterocycles. The Morgan fingerprint density at radius 3 is 2.61 bits per heavy atom. The number of nitrogens with two attached hydrogens (primary N) is 1. The van der Waals surface area contributed by atoms with Gasteiger partial charge in [-0.2, -0.15) is 0 Å². The molecule has 2 aliphatic rings. The summed E-state index contributed by atoms with van der Waals surface area (Å²) in [6, 6.07) is 0.350. The maximum absolute atomic E-state index is 12.1. The highest BCUT2D eigenvalue weighted by Gasteiger charge is 2.36. The molecule has 1 aliphatic heterocycles. The van der Waals surface area contributed by atoms with Gasteiger partial charge in [0.05, 0.1) is 18.8 Å². The first-order chi connectivity index (χ1) is 8.62. The number of carbonyl (C=O) groups is 1. The van der Waals surface area contributed by atoms with E-state index in [4.69, 9.17) is 10.5 Å². The van der Waals surface area contributed by atoms with Gasteiger partial charge in [0, 0.05) is 25.7 Å². The minimum Gasteiger partial charge on any atom is -0.379 e. The molecule has 2 rings (SSSR count). The van der Waals surface area contributed by atoms with Crippen molar-refractivity contribution in [2.24, 2.45) is 5.73 Å². The SMILES string of the molecule is CC(CNC(=O)C1(N)CCCC1)N1CCOCC1. The summed E-state index contributed by atoms with van der Waals surface area (Å²) in [5, 5.41) is 3.02. The number of amides is 1. The monoisotopic (exact) mass is 255 g/mol. The van der Waals surface area contributed by atoms with Crippen LogP contribution in [0.4, 0.5) is 0 Å². The average Bonchev–Trinajstić information content (AvgIpc) is 2.85. The van der Waals surface area contributed by atoms with Crippen LogP contribution < -0.4 is 11.1 Å². The van der Waals surface area contributed by atoms with Crippen LogP contribution in [0.15, 0.2) is 0 Å². The summed E-state index contributed by atoms with van der Waals surface area (Å²) in [5.41, 5.74) is 5.52. The van der Waals surface area contributed by atoms with Crippen molar-refractivity contribution in [1.29, 1.82) is 0 Å². The van der Waals surface area contributed by atoms with Gasteiger partial charge < -0.3 is 15.8 Å². The number of nitrogens with one attached hydrogen (secondary N) is 1. The van der Waals surface area contributed by atoms with Gasteiger partial charge in [-0.05, 0) is 19.8 Å². The molecule has 1 saturated carbocycles. The molecule has 1 amide bonds. The summed E-state index contributed by atoms with van der Waals surface area (Å²) in [6.45, 7) is 6.30. The zero-order valence-corrected chi connectivity index (χ0v) is 11.3. The molecule has 3 N–H and O–H groups in total. The van der Waals surface area contributed by atoms with Gasteiger partial charge >= 0.3 is 0 Å². The molecule has 0 aromatic carbocycles. The summed E-state index contributed by atoms with van der Waals surface area (Å²) in [5.74, 6) is 0.0279. The fourth-order valence-electron chi connectivity index (χ4n) is 2.80. The highest BCUT2D eigenvalue weighted by Crippen LogP contribution is 2.27. The number of carbonyl (C=O) groups excluding carboxylic acids is 1. The minimum atomic E-state index is -0.606. The molecule has 5 nitrogen and oxygen atoms in total. The third kappa shape index (κ3) is 3.22. The van der Waals surface area contributed by atoms with Crippen molar-refractivity contribution in [3.8, 4) is 0 Å². The summed E-state index contributed by atoms with van der Waals surface area (Å²) in [4.78, 5) is 14.4. The highest BCUT2D eigenvalue weighted by molar-refractivity contribution is 5.86. The van der Waals surface area contributed by atoms with E-state index in [0.29, 0.717) is 12.6 Å². The molecule has 0 bridgehead atoms. The fourth-order valence-corrected chi connectivity index (χ4v) is 2.80. The molecule has 0 spiro atoms. The zero-order chi connectivity index (χ0) is 13.0. The minimum absolute atomic E-state index is 0.0279. The lowest BCUT2D eigenvalue weighted by atomic mass is 9.98. The maximum atomic E-state index is 12.1. The molecule has 0 aromatic rings. The van der Waals surface area contributed by atoms with E-state index in [1.807, 2.05) is 0 Å². The topological polar surface area (TPSA) is 67.6 Å². The van der Waals surface area contributed by atoms with Gasteiger partial charge in [0.1, 0.15) is 0 Å². The van der Waals surface area contributed by atoms with E-state index in [1.165, 1.54) is 0 Å². The van der Waals surface area contributed by atoms with Crippen LogP contribution in [-0.2, 0) is 9.53 Å². The van der Waals surface area contributed by atoms with Gasteiger partial charge in [-0.3, -0.25) is 9.69 Å². The second-order valence-corrected chi connectivity index (χ2v) is 5.57. The Morgan fingerprint density at radius 1 is 1.39 bits per heavy atom. The van der Waals surface area contributed by atoms with E-state index >= 15 is 0 Å². The molecule has 1 aliphatic carbocycles. The van der Waals surface area contributed by atoms with Crippen molar-refractivity contribution in [3.63, 3.8) is 0 Å². The number of hydrogen-bond acceptors (Lipinski definition) is 4. The Labute approximate surface area is 109 Å². The number of morpholine rings is 1. The highest BCUT2D eigenvalue weighted by atomic mass is 16.5. The van der Waals surface area contributed by atoms with Gasteiger partial charge in [-0.15, -0.1) is 0 Å². The van der Waals surface area contributed by atoms with Crippen molar-refractivity contribution < 1.29 is 9.53 Å². The van der Waals surface area contributed by atoms with E-state index < -0.39 is 5.54 Å². The summed E-state index contributed by atoms with van der Waals surface area (Å²) < 4.78 is 5.32. The second-order valence-electron chi connectivity index (χ2n) is 5.57. The first-order valence-corrected chi connectivity index (χ1v) is 7.01. The molecule has 2 fully saturated rings. The smallest absolute Gasteiger partial charge is 0.240 e. The van der Waals surface area contributed by atoms with Crippen molar-refractivity contribution in [2.75, 3.05) is 32.8 Å². The van der Waals surface area contributed by atoms with Crippen molar-refractivity contribution in [1.82, 2.24) is 10.2 Å². The Hall–Kier alpha value is -0.650. The molecule has 1 heterocycles. The molecule has 18 heavy (non-hydrogen) atoms. The van der Waals surface area contributed by atoms with Crippen LogP contribution >= 0.6 is 0 Å². The Morgan fingerprint density at radius 2 is 2.00 bits per heavy atom. The maximum Gasteiger partial charge on any atom is 0.240 e. The molecular weight excluding hydrogens is 230 g/mol. The molecular formula is C13H25N3O2. The predicted molar refractivity (Wildman–Crippen MR) is 70.3 cm³/mol. The Balaban J connectivity index is 1.74. The molecule has 5 heteroatoms. The number of ether oxygens (including phenoxy) is 1. The average molecular weight is 255 g/mol. The number of hydrogen-bond donors (Lipinski definition) is 2. The standard InChI is InChI=1S/C13H25N3O2/c1-11(16-6-8-18-9-7-16)10-15-12(17)13(14)4-2-3-5-13/h11H,2-10,14H2,1H3,(H,15,17). The van der Waals surface area contributed by atoms with Crippen molar-refractivity contribution >= 4 is 5.91 Å². The van der Waals surface area contributed by atoms with Crippen LogP contribution in [0.2, 0.25) is 0 Å². The van der Waals surface area contributed by atoms with E-state index in [0.717, 1.165) is 52.0 Å². The van der Waals surface area contributed by atoms with Crippen LogP contribution in [0.1, 0.15) is 32.6 Å². The molecule has 104 valence electrons. The van der Waals surface area contributed by atoms with Gasteiger partial charge in [0.2, 0.25) is 5.91 Å². The molecule has 1 atom stereocenters. The third-order valence-electron chi connectivity index (χ3n) is 4.18. The van der Waals surface area contributed by atoms with Crippen molar-refractivity contribution in [2.45, 2.75) is 44.2 Å². The normalized spacial score (nSPS) is 25.9. The van der Waals surface area contributed by atoms with Crippen LogP contribution in [0, 0.1) is 0 Å². The molecule has 1 unspecified atom stereocenters. The van der Waals surface area contributed by atoms with E-state index in [2.05, 4.69) is 17.1 Å². The largest absolute Gasteiger partial charge is 0.379 e. The fraction of sp³-hybridized carbons (Fsp3) is 0.923. The number of nitrogens with zero attached hydrogens (tertiary/aromatic N) is 1. The van der Waals surface area contributed by atoms with Gasteiger partial charge in [0.15, 0.2) is 0 Å². The predicted octanol–water partition coefficient (Wildman–Crippen LogP) is 0.0948. The lowest BCUT2D eigenvalue weighted by molar-refractivity contribution is -0.126. The lowest BCUT2D eigenvalue weighted by Gasteiger charge is -2.33. The van der Waals surface area contributed by atoms with Gasteiger partial charge in [-0.1, -0.05) is 12.8 Å². The van der Waals surface area contributed by atoms with Crippen molar-refractivity contribution in [3.05, 3.63) is 0 Å². The summed E-state index contributed by atoms with van der Waals surface area (Å²) in [7, 11) is 0. The van der Waals surface area contributed by atoms with E-state index in [9.17, 15) is 4.79 Å². The van der Waals surface area contributed by atoms with Crippen LogP contribution in [-0.4, -0.2) is 55.2 Å². The third-order valence-corrected chi connectivity index (χ3v) is 4.18. The first kappa shape index (κ1) is 13.8. The van der Waals surface area contributed by atoms with Gasteiger partial charge in [0.25, 0.3) is 0 Å². The number of rotatable bonds is 4. The lowest BCUT2D eigenvalue weighted by Crippen LogP contribution is -2.55. The van der Waals surface area contributed by atoms with Crippen LogP contribution in [0.5, 0.6) is 0 Å². The van der Waals surface area contributed by atoms with Crippen LogP contribution in [0.25, 0.3) is 0 Å².